The lowest BCUT2D eigenvalue weighted by atomic mass is 10.0. The van der Waals surface area contributed by atoms with Crippen LogP contribution in [0, 0.1) is 0 Å². The molecule has 1 unspecified atom stereocenters. The number of nitrogens with zero attached hydrogens (tertiary/aromatic N) is 1. The van der Waals surface area contributed by atoms with Gasteiger partial charge < -0.3 is 10.2 Å². The summed E-state index contributed by atoms with van der Waals surface area (Å²) in [5.41, 5.74) is 2.54. The molecule has 2 rings (SSSR count). The maximum Gasteiger partial charge on any atom is 0.224 e. The van der Waals surface area contributed by atoms with Crippen LogP contribution in [0.2, 0.25) is 0 Å². The largest absolute Gasteiger partial charge is 0.341 e. The summed E-state index contributed by atoms with van der Waals surface area (Å²) in [5.74, 6) is 0.786. The molecule has 1 N–H and O–H groups in total. The zero-order valence-corrected chi connectivity index (χ0v) is 14.1. The Morgan fingerprint density at radius 3 is 2.52 bits per heavy atom. The summed E-state index contributed by atoms with van der Waals surface area (Å²) in [7, 11) is 1.90. The first kappa shape index (κ1) is 18.0. The molecule has 0 radical (unpaired) electrons. The van der Waals surface area contributed by atoms with Crippen molar-refractivity contribution in [3.05, 3.63) is 35.4 Å². The van der Waals surface area contributed by atoms with Gasteiger partial charge >= 0.3 is 0 Å². The molecule has 1 aromatic carbocycles. The van der Waals surface area contributed by atoms with Crippen molar-refractivity contribution in [2.24, 2.45) is 0 Å². The first-order chi connectivity index (χ1) is 9.56. The fourth-order valence-electron chi connectivity index (χ4n) is 2.67. The Balaban J connectivity index is 0.00000220. The Labute approximate surface area is 134 Å². The summed E-state index contributed by atoms with van der Waals surface area (Å²) in [6.45, 7) is 6.14. The van der Waals surface area contributed by atoms with Gasteiger partial charge in [0.1, 0.15) is 0 Å². The second-order valence-electron chi connectivity index (χ2n) is 6.14. The molecule has 0 bridgehead atoms. The van der Waals surface area contributed by atoms with Crippen molar-refractivity contribution in [2.45, 2.75) is 51.6 Å². The molecule has 4 heteroatoms. The molecule has 0 saturated carbocycles. The lowest BCUT2D eigenvalue weighted by Crippen LogP contribution is -2.33. The standard InChI is InChI=1S/C17H26N2O.ClH/c1-13(2)15-8-6-14(7-9-15)12-19(3)17(20)11-16-5-4-10-18-16;/h6-9,13,16,18H,4-5,10-12H2,1-3H3;1H. The fourth-order valence-corrected chi connectivity index (χ4v) is 2.67. The van der Waals surface area contributed by atoms with Crippen molar-refractivity contribution in [2.75, 3.05) is 13.6 Å². The number of nitrogens with one attached hydrogen (secondary N) is 1. The van der Waals surface area contributed by atoms with Crippen LogP contribution in [0.1, 0.15) is 50.2 Å². The molecule has 1 aliphatic rings. The highest BCUT2D eigenvalue weighted by Crippen LogP contribution is 2.16. The van der Waals surface area contributed by atoms with Gasteiger partial charge in [0.15, 0.2) is 0 Å². The minimum atomic E-state index is 0. The maximum absolute atomic E-state index is 12.2. The van der Waals surface area contributed by atoms with Gasteiger partial charge in [0.2, 0.25) is 5.91 Å². The Hall–Kier alpha value is -1.06. The summed E-state index contributed by atoms with van der Waals surface area (Å²) in [6, 6.07) is 8.97. The number of hydrogen-bond acceptors (Lipinski definition) is 2. The number of amides is 1. The molecule has 1 atom stereocenters. The summed E-state index contributed by atoms with van der Waals surface area (Å²) in [4.78, 5) is 14.0. The number of carbonyl (C=O) groups excluding carboxylic acids is 1. The molecular weight excluding hydrogens is 284 g/mol. The first-order valence-electron chi connectivity index (χ1n) is 7.62. The van der Waals surface area contributed by atoms with E-state index in [4.69, 9.17) is 0 Å². The predicted octanol–water partition coefficient (Wildman–Crippen LogP) is 3.33. The molecule has 118 valence electrons. The minimum absolute atomic E-state index is 0. The fraction of sp³-hybridized carbons (Fsp3) is 0.588. The van der Waals surface area contributed by atoms with Crippen LogP contribution in [0.3, 0.4) is 0 Å². The van der Waals surface area contributed by atoms with Gasteiger partial charge in [-0.1, -0.05) is 38.1 Å². The van der Waals surface area contributed by atoms with Crippen LogP contribution in [0.15, 0.2) is 24.3 Å². The smallest absolute Gasteiger partial charge is 0.224 e. The molecule has 21 heavy (non-hydrogen) atoms. The molecule has 1 fully saturated rings. The summed E-state index contributed by atoms with van der Waals surface area (Å²) < 4.78 is 0. The molecule has 1 aliphatic heterocycles. The predicted molar refractivity (Wildman–Crippen MR) is 89.9 cm³/mol. The second kappa shape index (κ2) is 8.40. The van der Waals surface area contributed by atoms with Crippen molar-refractivity contribution in [3.63, 3.8) is 0 Å². The second-order valence-corrected chi connectivity index (χ2v) is 6.14. The van der Waals surface area contributed by atoms with Crippen LogP contribution < -0.4 is 5.32 Å². The first-order valence-corrected chi connectivity index (χ1v) is 7.62. The highest BCUT2D eigenvalue weighted by Gasteiger charge is 2.19. The zero-order chi connectivity index (χ0) is 14.5. The third kappa shape index (κ3) is 5.33. The van der Waals surface area contributed by atoms with Crippen molar-refractivity contribution < 1.29 is 4.79 Å². The topological polar surface area (TPSA) is 32.3 Å². The maximum atomic E-state index is 12.2. The number of hydrogen-bond donors (Lipinski definition) is 1. The quantitative estimate of drug-likeness (QED) is 0.904. The number of halogens is 1. The van der Waals surface area contributed by atoms with Gasteiger partial charge in [-0.15, -0.1) is 12.4 Å². The molecular formula is C17H27ClN2O. The monoisotopic (exact) mass is 310 g/mol. The van der Waals surface area contributed by atoms with E-state index in [1.807, 2.05) is 11.9 Å². The van der Waals surface area contributed by atoms with Crippen molar-refractivity contribution >= 4 is 18.3 Å². The van der Waals surface area contributed by atoms with E-state index in [9.17, 15) is 4.79 Å². The summed E-state index contributed by atoms with van der Waals surface area (Å²) in [6.07, 6.45) is 2.95. The van der Waals surface area contributed by atoms with Crippen molar-refractivity contribution in [1.29, 1.82) is 0 Å². The van der Waals surface area contributed by atoms with Crippen LogP contribution in [-0.4, -0.2) is 30.4 Å². The van der Waals surface area contributed by atoms with Gasteiger partial charge in [0, 0.05) is 26.1 Å². The van der Waals surface area contributed by atoms with E-state index in [0.717, 1.165) is 13.0 Å². The molecule has 1 amide bonds. The molecule has 1 saturated heterocycles. The molecule has 1 aromatic rings. The highest BCUT2D eigenvalue weighted by atomic mass is 35.5. The van der Waals surface area contributed by atoms with E-state index in [1.54, 1.807) is 0 Å². The Morgan fingerprint density at radius 2 is 2.00 bits per heavy atom. The molecule has 3 nitrogen and oxygen atoms in total. The summed E-state index contributed by atoms with van der Waals surface area (Å²) >= 11 is 0. The Kier molecular flexibility index (Phi) is 7.20. The minimum Gasteiger partial charge on any atom is -0.341 e. The number of carbonyl (C=O) groups is 1. The van der Waals surface area contributed by atoms with E-state index in [2.05, 4.69) is 43.4 Å². The number of rotatable bonds is 5. The van der Waals surface area contributed by atoms with Crippen molar-refractivity contribution in [3.8, 4) is 0 Å². The normalized spacial score (nSPS) is 17.6. The van der Waals surface area contributed by atoms with Crippen LogP contribution in [-0.2, 0) is 11.3 Å². The lowest BCUT2D eigenvalue weighted by Gasteiger charge is -2.20. The van der Waals surface area contributed by atoms with E-state index < -0.39 is 0 Å². The zero-order valence-electron chi connectivity index (χ0n) is 13.3. The van der Waals surface area contributed by atoms with E-state index in [0.29, 0.717) is 24.9 Å². The average molecular weight is 311 g/mol. The van der Waals surface area contributed by atoms with Crippen molar-refractivity contribution in [1.82, 2.24) is 10.2 Å². The third-order valence-corrected chi connectivity index (χ3v) is 4.08. The van der Waals surface area contributed by atoms with E-state index in [1.165, 1.54) is 17.5 Å². The van der Waals surface area contributed by atoms with E-state index >= 15 is 0 Å². The average Bonchev–Trinajstić information content (AvgIpc) is 2.92. The van der Waals surface area contributed by atoms with Gasteiger partial charge in [-0.2, -0.15) is 0 Å². The van der Waals surface area contributed by atoms with Crippen LogP contribution in [0.5, 0.6) is 0 Å². The Morgan fingerprint density at radius 1 is 1.33 bits per heavy atom. The lowest BCUT2D eigenvalue weighted by molar-refractivity contribution is -0.130. The summed E-state index contributed by atoms with van der Waals surface area (Å²) in [5, 5.41) is 3.38. The Bertz CT molecular complexity index is 439. The van der Waals surface area contributed by atoms with E-state index in [-0.39, 0.29) is 18.3 Å². The number of benzene rings is 1. The molecule has 1 heterocycles. The van der Waals surface area contributed by atoms with Gasteiger partial charge in [0.05, 0.1) is 0 Å². The highest BCUT2D eigenvalue weighted by molar-refractivity contribution is 5.85. The molecule has 0 spiro atoms. The van der Waals surface area contributed by atoms with Crippen LogP contribution in [0.25, 0.3) is 0 Å². The van der Waals surface area contributed by atoms with Gasteiger partial charge in [-0.3, -0.25) is 4.79 Å². The third-order valence-electron chi connectivity index (χ3n) is 4.08. The SMILES string of the molecule is CC(C)c1ccc(CN(C)C(=O)CC2CCCN2)cc1.Cl. The van der Waals surface area contributed by atoms with Crippen LogP contribution >= 0.6 is 12.4 Å². The molecule has 0 aliphatic carbocycles. The van der Waals surface area contributed by atoms with Gasteiger partial charge in [-0.05, 0) is 36.4 Å². The van der Waals surface area contributed by atoms with Gasteiger partial charge in [0.25, 0.3) is 0 Å². The van der Waals surface area contributed by atoms with Gasteiger partial charge in [-0.25, -0.2) is 0 Å². The molecule has 0 aromatic heterocycles. The van der Waals surface area contributed by atoms with Crippen LogP contribution in [0.4, 0.5) is 0 Å².